The maximum Gasteiger partial charge on any atom is 0.127 e. The molecule has 0 nitrogen and oxygen atoms in total. The topological polar surface area (TPSA) is 0 Å². The Hall–Kier alpha value is -0.820. The molecule has 0 aromatic heterocycles. The quantitative estimate of drug-likeness (QED) is 0.630. The molecule has 0 heterocycles. The molecule has 1 rings (SSSR count). The zero-order valence-corrected chi connectivity index (χ0v) is 7.44. The maximum atomic E-state index is 13.1. The average molecular weight is 185 g/mol. The van der Waals surface area contributed by atoms with Crippen LogP contribution >= 0.6 is 11.6 Å². The predicted octanol–water partition coefficient (Wildman–Crippen LogP) is 3.60. The van der Waals surface area contributed by atoms with Crippen molar-refractivity contribution in [2.45, 2.75) is 12.8 Å². The molecule has 1 aromatic carbocycles. The summed E-state index contributed by atoms with van der Waals surface area (Å²) in [4.78, 5) is 0. The summed E-state index contributed by atoms with van der Waals surface area (Å²) in [6, 6.07) is 4.74. The van der Waals surface area contributed by atoms with Crippen molar-refractivity contribution in [3.8, 4) is 0 Å². The Bertz CT molecular complexity index is 281. The summed E-state index contributed by atoms with van der Waals surface area (Å²) in [6.07, 6.45) is 3.25. The van der Waals surface area contributed by atoms with E-state index in [0.717, 1.165) is 6.42 Å². The Morgan fingerprint density at radius 2 is 2.25 bits per heavy atom. The van der Waals surface area contributed by atoms with Crippen molar-refractivity contribution in [3.05, 3.63) is 47.3 Å². The highest BCUT2D eigenvalue weighted by Crippen LogP contribution is 2.15. The molecule has 0 atom stereocenters. The van der Waals surface area contributed by atoms with E-state index in [-0.39, 0.29) is 5.82 Å². The summed E-state index contributed by atoms with van der Waals surface area (Å²) in [7, 11) is 0. The molecule has 0 fully saturated rings. The Kier molecular flexibility index (Phi) is 3.30. The van der Waals surface area contributed by atoms with E-state index in [1.807, 2.05) is 0 Å². The van der Waals surface area contributed by atoms with Gasteiger partial charge in [-0.25, -0.2) is 4.39 Å². The SMILES string of the molecule is C=CCCc1ccc(Cl)cc1F. The van der Waals surface area contributed by atoms with Crippen molar-refractivity contribution in [1.82, 2.24) is 0 Å². The monoisotopic (exact) mass is 184 g/mol. The van der Waals surface area contributed by atoms with Crippen LogP contribution in [0.25, 0.3) is 0 Å². The molecule has 0 aliphatic rings. The molecule has 0 amide bonds. The fourth-order valence-electron chi connectivity index (χ4n) is 0.982. The second-order valence-electron chi connectivity index (χ2n) is 2.56. The van der Waals surface area contributed by atoms with E-state index in [4.69, 9.17) is 11.6 Å². The molecule has 2 heteroatoms. The van der Waals surface area contributed by atoms with Gasteiger partial charge in [0.25, 0.3) is 0 Å². The molecule has 0 unspecified atom stereocenters. The van der Waals surface area contributed by atoms with Gasteiger partial charge in [0.1, 0.15) is 5.82 Å². The van der Waals surface area contributed by atoms with E-state index in [2.05, 4.69) is 6.58 Å². The molecule has 0 N–H and O–H groups in total. The van der Waals surface area contributed by atoms with Gasteiger partial charge in [-0.3, -0.25) is 0 Å². The number of halogens is 2. The molecule has 12 heavy (non-hydrogen) atoms. The van der Waals surface area contributed by atoms with Gasteiger partial charge in [0, 0.05) is 5.02 Å². The fraction of sp³-hybridized carbons (Fsp3) is 0.200. The molecule has 0 saturated heterocycles. The standard InChI is InChI=1S/C10H10ClF/c1-2-3-4-8-5-6-9(11)7-10(8)12/h2,5-7H,1,3-4H2. The lowest BCUT2D eigenvalue weighted by atomic mass is 10.1. The van der Waals surface area contributed by atoms with E-state index >= 15 is 0 Å². The molecule has 1 aromatic rings. The highest BCUT2D eigenvalue weighted by atomic mass is 35.5. The van der Waals surface area contributed by atoms with Gasteiger partial charge in [-0.2, -0.15) is 0 Å². The van der Waals surface area contributed by atoms with Crippen molar-refractivity contribution in [2.24, 2.45) is 0 Å². The highest BCUT2D eigenvalue weighted by molar-refractivity contribution is 6.30. The summed E-state index contributed by atoms with van der Waals surface area (Å²) >= 11 is 5.59. The van der Waals surface area contributed by atoms with Gasteiger partial charge in [0.05, 0.1) is 0 Å². The predicted molar refractivity (Wildman–Crippen MR) is 49.9 cm³/mol. The van der Waals surface area contributed by atoms with Gasteiger partial charge in [0.15, 0.2) is 0 Å². The van der Waals surface area contributed by atoms with Gasteiger partial charge < -0.3 is 0 Å². The third-order valence-electron chi connectivity index (χ3n) is 1.63. The first-order valence-corrected chi connectivity index (χ1v) is 4.16. The molecular formula is C10H10ClF. The highest BCUT2D eigenvalue weighted by Gasteiger charge is 2.00. The second kappa shape index (κ2) is 4.27. The van der Waals surface area contributed by atoms with Gasteiger partial charge in [0.2, 0.25) is 0 Å². The lowest BCUT2D eigenvalue weighted by Gasteiger charge is -2.00. The Labute approximate surface area is 76.7 Å². The van der Waals surface area contributed by atoms with E-state index in [0.29, 0.717) is 17.0 Å². The summed E-state index contributed by atoms with van der Waals surface area (Å²) < 4.78 is 13.1. The summed E-state index contributed by atoms with van der Waals surface area (Å²) in [5.74, 6) is -0.232. The lowest BCUT2D eigenvalue weighted by molar-refractivity contribution is 0.609. The molecule has 0 aliphatic carbocycles. The van der Waals surface area contributed by atoms with Crippen LogP contribution in [0.5, 0.6) is 0 Å². The van der Waals surface area contributed by atoms with E-state index < -0.39 is 0 Å². The molecule has 0 bridgehead atoms. The minimum Gasteiger partial charge on any atom is -0.207 e. The summed E-state index contributed by atoms with van der Waals surface area (Å²) in [5.41, 5.74) is 0.694. The van der Waals surface area contributed by atoms with Crippen molar-refractivity contribution in [2.75, 3.05) is 0 Å². The Balaban J connectivity index is 2.78. The van der Waals surface area contributed by atoms with Gasteiger partial charge in [-0.1, -0.05) is 23.7 Å². The summed E-state index contributed by atoms with van der Waals surface area (Å²) in [5, 5.41) is 0.440. The first-order valence-electron chi connectivity index (χ1n) is 3.79. The van der Waals surface area contributed by atoms with Crippen molar-refractivity contribution in [3.63, 3.8) is 0 Å². The fourth-order valence-corrected chi connectivity index (χ4v) is 1.14. The molecule has 0 spiro atoms. The van der Waals surface area contributed by atoms with E-state index in [9.17, 15) is 4.39 Å². The van der Waals surface area contributed by atoms with Crippen LogP contribution in [0.1, 0.15) is 12.0 Å². The van der Waals surface area contributed by atoms with E-state index in [1.54, 1.807) is 18.2 Å². The van der Waals surface area contributed by atoms with Crippen LogP contribution in [0.4, 0.5) is 4.39 Å². The van der Waals surface area contributed by atoms with Crippen LogP contribution < -0.4 is 0 Å². The van der Waals surface area contributed by atoms with Gasteiger partial charge in [-0.15, -0.1) is 6.58 Å². The van der Waals surface area contributed by atoms with Crippen LogP contribution in [0, 0.1) is 5.82 Å². The first kappa shape index (κ1) is 9.27. The molecular weight excluding hydrogens is 175 g/mol. The number of rotatable bonds is 3. The number of allylic oxidation sites excluding steroid dienone is 1. The number of benzene rings is 1. The molecule has 0 aliphatic heterocycles. The number of hydrogen-bond donors (Lipinski definition) is 0. The zero-order valence-electron chi connectivity index (χ0n) is 6.69. The van der Waals surface area contributed by atoms with E-state index in [1.165, 1.54) is 6.07 Å². The molecule has 0 saturated carbocycles. The zero-order chi connectivity index (χ0) is 8.97. The third-order valence-corrected chi connectivity index (χ3v) is 1.87. The van der Waals surface area contributed by atoms with Gasteiger partial charge >= 0.3 is 0 Å². The largest absolute Gasteiger partial charge is 0.207 e. The number of hydrogen-bond acceptors (Lipinski definition) is 0. The summed E-state index contributed by atoms with van der Waals surface area (Å²) in [6.45, 7) is 3.57. The normalized spacial score (nSPS) is 9.83. The second-order valence-corrected chi connectivity index (χ2v) is 3.00. The smallest absolute Gasteiger partial charge is 0.127 e. The Morgan fingerprint density at radius 3 is 2.83 bits per heavy atom. The maximum absolute atomic E-state index is 13.1. The van der Waals surface area contributed by atoms with Crippen LogP contribution in [0.2, 0.25) is 5.02 Å². The van der Waals surface area contributed by atoms with Gasteiger partial charge in [-0.05, 0) is 30.5 Å². The Morgan fingerprint density at radius 1 is 1.50 bits per heavy atom. The van der Waals surface area contributed by atoms with Crippen LogP contribution in [-0.2, 0) is 6.42 Å². The van der Waals surface area contributed by atoms with Crippen molar-refractivity contribution in [1.29, 1.82) is 0 Å². The minimum atomic E-state index is -0.232. The molecule has 64 valence electrons. The third kappa shape index (κ3) is 2.35. The van der Waals surface area contributed by atoms with Crippen molar-refractivity contribution < 1.29 is 4.39 Å². The van der Waals surface area contributed by atoms with Crippen LogP contribution in [0.15, 0.2) is 30.9 Å². The van der Waals surface area contributed by atoms with Crippen LogP contribution in [0.3, 0.4) is 0 Å². The first-order chi connectivity index (χ1) is 5.74. The number of aryl methyl sites for hydroxylation is 1. The minimum absolute atomic E-state index is 0.232. The molecule has 0 radical (unpaired) electrons. The average Bonchev–Trinajstić information content (AvgIpc) is 2.03. The van der Waals surface area contributed by atoms with Crippen LogP contribution in [-0.4, -0.2) is 0 Å². The lowest BCUT2D eigenvalue weighted by Crippen LogP contribution is -1.88. The van der Waals surface area contributed by atoms with Crippen molar-refractivity contribution >= 4 is 11.6 Å².